The molecule has 1 rings (SSSR count). The molecule has 0 bridgehead atoms. The second kappa shape index (κ2) is 4.14. The number of nitrogen functional groups attached to an aromatic ring is 1. The van der Waals surface area contributed by atoms with E-state index in [9.17, 15) is 4.79 Å². The van der Waals surface area contributed by atoms with Gasteiger partial charge in [-0.2, -0.15) is 0 Å². The minimum atomic E-state index is -0.695. The predicted molar refractivity (Wildman–Crippen MR) is 51.3 cm³/mol. The lowest BCUT2D eigenvalue weighted by atomic mass is 10.2. The normalized spacial score (nSPS) is 8.64. The van der Waals surface area contributed by atoms with Gasteiger partial charge < -0.3 is 16.2 Å². The first-order valence-corrected chi connectivity index (χ1v) is 3.74. The van der Waals surface area contributed by atoms with Crippen LogP contribution in [0.25, 0.3) is 0 Å². The molecule has 0 saturated carbocycles. The van der Waals surface area contributed by atoms with Gasteiger partial charge in [0.2, 0.25) is 5.88 Å². The lowest BCUT2D eigenvalue weighted by Crippen LogP contribution is -2.06. The minimum absolute atomic E-state index is 0.328. The SMILES string of the molecule is COc1ncc(C#CC(N)=O)cc1N. The summed E-state index contributed by atoms with van der Waals surface area (Å²) in [5, 5.41) is 0. The molecule has 5 nitrogen and oxygen atoms in total. The Balaban J connectivity index is 2.99. The van der Waals surface area contributed by atoms with Crippen LogP contribution in [-0.4, -0.2) is 18.0 Å². The van der Waals surface area contributed by atoms with Crippen LogP contribution in [0.5, 0.6) is 5.88 Å². The summed E-state index contributed by atoms with van der Waals surface area (Å²) in [6, 6.07) is 1.56. The van der Waals surface area contributed by atoms with Crippen LogP contribution in [0, 0.1) is 11.8 Å². The van der Waals surface area contributed by atoms with E-state index in [4.69, 9.17) is 16.2 Å². The number of ether oxygens (including phenoxy) is 1. The zero-order valence-electron chi connectivity index (χ0n) is 7.57. The maximum atomic E-state index is 10.4. The van der Waals surface area contributed by atoms with Crippen molar-refractivity contribution in [1.29, 1.82) is 0 Å². The predicted octanol–water partition coefficient (Wildman–Crippen LogP) is -0.491. The molecule has 5 heteroatoms. The van der Waals surface area contributed by atoms with E-state index in [0.29, 0.717) is 17.1 Å². The van der Waals surface area contributed by atoms with Crippen LogP contribution >= 0.6 is 0 Å². The minimum Gasteiger partial charge on any atom is -0.480 e. The molecule has 1 aromatic rings. The fourth-order valence-electron chi connectivity index (χ4n) is 0.842. The Morgan fingerprint density at radius 2 is 2.36 bits per heavy atom. The van der Waals surface area contributed by atoms with Crippen LogP contribution in [0.3, 0.4) is 0 Å². The molecule has 0 fully saturated rings. The molecular weight excluding hydrogens is 182 g/mol. The molecule has 0 aromatic carbocycles. The van der Waals surface area contributed by atoms with E-state index in [1.165, 1.54) is 13.3 Å². The van der Waals surface area contributed by atoms with Gasteiger partial charge >= 0.3 is 0 Å². The van der Waals surface area contributed by atoms with Gasteiger partial charge in [0.05, 0.1) is 12.8 Å². The largest absolute Gasteiger partial charge is 0.480 e. The first kappa shape index (κ1) is 9.86. The van der Waals surface area contributed by atoms with Crippen molar-refractivity contribution in [3.8, 4) is 17.7 Å². The van der Waals surface area contributed by atoms with Crippen molar-refractivity contribution in [2.45, 2.75) is 0 Å². The van der Waals surface area contributed by atoms with Crippen molar-refractivity contribution in [2.75, 3.05) is 12.8 Å². The highest BCUT2D eigenvalue weighted by atomic mass is 16.5. The topological polar surface area (TPSA) is 91.2 Å². The summed E-state index contributed by atoms with van der Waals surface area (Å²) >= 11 is 0. The van der Waals surface area contributed by atoms with Crippen LogP contribution in [0.4, 0.5) is 5.69 Å². The fraction of sp³-hybridized carbons (Fsp3) is 0.111. The Morgan fingerprint density at radius 3 is 2.86 bits per heavy atom. The molecule has 4 N–H and O–H groups in total. The Bertz CT molecular complexity index is 418. The number of hydrogen-bond donors (Lipinski definition) is 2. The third kappa shape index (κ3) is 2.38. The number of methoxy groups -OCH3 is 1. The summed E-state index contributed by atoms with van der Waals surface area (Å²) < 4.78 is 4.85. The van der Waals surface area contributed by atoms with E-state index in [-0.39, 0.29) is 0 Å². The number of rotatable bonds is 1. The second-order valence-corrected chi connectivity index (χ2v) is 2.44. The Morgan fingerprint density at radius 1 is 1.64 bits per heavy atom. The van der Waals surface area contributed by atoms with Gasteiger partial charge in [-0.1, -0.05) is 5.92 Å². The summed E-state index contributed by atoms with van der Waals surface area (Å²) in [6.45, 7) is 0. The number of nitrogens with zero attached hydrogens (tertiary/aromatic N) is 1. The molecule has 0 radical (unpaired) electrons. The Labute approximate surface area is 81.1 Å². The highest BCUT2D eigenvalue weighted by Gasteiger charge is 1.99. The van der Waals surface area contributed by atoms with E-state index in [1.54, 1.807) is 6.07 Å². The van der Waals surface area contributed by atoms with Crippen molar-refractivity contribution in [1.82, 2.24) is 4.98 Å². The summed E-state index contributed by atoms with van der Waals surface area (Å²) in [4.78, 5) is 14.2. The number of hydrogen-bond acceptors (Lipinski definition) is 4. The summed E-state index contributed by atoms with van der Waals surface area (Å²) in [7, 11) is 1.47. The standard InChI is InChI=1S/C9H9N3O2/c1-14-9-7(10)4-6(5-12-9)2-3-8(11)13/h4-5H,10H2,1H3,(H2,11,13). The van der Waals surface area contributed by atoms with Crippen molar-refractivity contribution in [2.24, 2.45) is 5.73 Å². The molecule has 1 aromatic heterocycles. The molecule has 1 heterocycles. The van der Waals surface area contributed by atoms with Crippen molar-refractivity contribution >= 4 is 11.6 Å². The van der Waals surface area contributed by atoms with Crippen LogP contribution in [-0.2, 0) is 4.79 Å². The van der Waals surface area contributed by atoms with Crippen LogP contribution in [0.1, 0.15) is 5.56 Å². The van der Waals surface area contributed by atoms with Gasteiger partial charge in [-0.3, -0.25) is 4.79 Å². The van der Waals surface area contributed by atoms with Crippen LogP contribution in [0.2, 0.25) is 0 Å². The number of aromatic nitrogens is 1. The second-order valence-electron chi connectivity index (χ2n) is 2.44. The van der Waals surface area contributed by atoms with Crippen LogP contribution < -0.4 is 16.2 Å². The van der Waals surface area contributed by atoms with Gasteiger partial charge in [-0.25, -0.2) is 4.98 Å². The lowest BCUT2D eigenvalue weighted by molar-refractivity contribution is -0.112. The number of nitrogens with two attached hydrogens (primary N) is 2. The number of carbonyl (C=O) groups excluding carboxylic acids is 1. The van der Waals surface area contributed by atoms with Gasteiger partial charge in [0.25, 0.3) is 5.91 Å². The van der Waals surface area contributed by atoms with Gasteiger partial charge in [0.15, 0.2) is 0 Å². The Hall–Kier alpha value is -2.22. The summed E-state index contributed by atoms with van der Waals surface area (Å²) in [5.74, 6) is 4.33. The molecule has 14 heavy (non-hydrogen) atoms. The maximum Gasteiger partial charge on any atom is 0.293 e. The zero-order chi connectivity index (χ0) is 10.6. The first-order valence-electron chi connectivity index (χ1n) is 3.74. The number of carbonyl (C=O) groups is 1. The lowest BCUT2D eigenvalue weighted by Gasteiger charge is -2.01. The first-order chi connectivity index (χ1) is 6.63. The van der Waals surface area contributed by atoms with Gasteiger partial charge in [0, 0.05) is 17.7 Å². The zero-order valence-corrected chi connectivity index (χ0v) is 7.57. The molecule has 1 amide bonds. The molecular formula is C9H9N3O2. The monoisotopic (exact) mass is 191 g/mol. The van der Waals surface area contributed by atoms with E-state index in [0.717, 1.165) is 0 Å². The molecule has 72 valence electrons. The molecule has 0 atom stereocenters. The van der Waals surface area contributed by atoms with Crippen molar-refractivity contribution < 1.29 is 9.53 Å². The average molecular weight is 191 g/mol. The maximum absolute atomic E-state index is 10.4. The highest BCUT2D eigenvalue weighted by molar-refractivity contribution is 5.92. The molecule has 0 spiro atoms. The molecule has 0 unspecified atom stereocenters. The number of pyridine rings is 1. The average Bonchev–Trinajstić information content (AvgIpc) is 2.15. The van der Waals surface area contributed by atoms with E-state index in [2.05, 4.69) is 16.8 Å². The van der Waals surface area contributed by atoms with E-state index >= 15 is 0 Å². The summed E-state index contributed by atoms with van der Waals surface area (Å²) in [6.07, 6.45) is 1.45. The molecule has 0 saturated heterocycles. The van der Waals surface area contributed by atoms with Gasteiger partial charge in [-0.15, -0.1) is 0 Å². The van der Waals surface area contributed by atoms with Gasteiger partial charge in [0.1, 0.15) is 0 Å². The number of anilines is 1. The van der Waals surface area contributed by atoms with Gasteiger partial charge in [-0.05, 0) is 6.07 Å². The van der Waals surface area contributed by atoms with Crippen molar-refractivity contribution in [3.05, 3.63) is 17.8 Å². The fourth-order valence-corrected chi connectivity index (χ4v) is 0.842. The van der Waals surface area contributed by atoms with E-state index < -0.39 is 5.91 Å². The third-order valence-electron chi connectivity index (χ3n) is 1.40. The number of amides is 1. The molecule has 0 aliphatic heterocycles. The van der Waals surface area contributed by atoms with Crippen LogP contribution in [0.15, 0.2) is 12.3 Å². The van der Waals surface area contributed by atoms with E-state index in [1.807, 2.05) is 0 Å². The highest BCUT2D eigenvalue weighted by Crippen LogP contribution is 2.17. The molecule has 0 aliphatic rings. The smallest absolute Gasteiger partial charge is 0.293 e. The quantitative estimate of drug-likeness (QED) is 0.586. The third-order valence-corrected chi connectivity index (χ3v) is 1.40. The molecule has 0 aliphatic carbocycles. The van der Waals surface area contributed by atoms with Crippen molar-refractivity contribution in [3.63, 3.8) is 0 Å². The Kier molecular flexibility index (Phi) is 2.92. The number of primary amides is 1. The summed E-state index contributed by atoms with van der Waals surface area (Å²) in [5.41, 5.74) is 11.3.